The van der Waals surface area contributed by atoms with Gasteiger partial charge in [0, 0.05) is 24.9 Å². The zero-order valence-corrected chi connectivity index (χ0v) is 17.0. The van der Waals surface area contributed by atoms with Crippen LogP contribution in [0.25, 0.3) is 11.0 Å². The summed E-state index contributed by atoms with van der Waals surface area (Å²) in [6.07, 6.45) is 7.06. The summed E-state index contributed by atoms with van der Waals surface area (Å²) in [5, 5.41) is 6.09. The highest BCUT2D eigenvalue weighted by atomic mass is 16.2. The number of amides is 2. The van der Waals surface area contributed by atoms with Gasteiger partial charge in [-0.1, -0.05) is 38.3 Å². The van der Waals surface area contributed by atoms with E-state index in [2.05, 4.69) is 17.6 Å². The molecule has 3 rings (SSSR count). The van der Waals surface area contributed by atoms with Gasteiger partial charge in [0.2, 0.25) is 11.8 Å². The summed E-state index contributed by atoms with van der Waals surface area (Å²) in [6, 6.07) is 8.02. The van der Waals surface area contributed by atoms with E-state index in [4.69, 9.17) is 4.98 Å². The molecule has 0 aliphatic heterocycles. The fraction of sp³-hybridized carbons (Fsp3) is 0.591. The van der Waals surface area contributed by atoms with E-state index in [0.29, 0.717) is 13.0 Å². The highest BCUT2D eigenvalue weighted by Gasteiger charge is 2.21. The third-order valence-electron chi connectivity index (χ3n) is 5.68. The van der Waals surface area contributed by atoms with Gasteiger partial charge >= 0.3 is 0 Å². The van der Waals surface area contributed by atoms with E-state index in [9.17, 15) is 9.59 Å². The SMILES string of the molecule is CCC(C)NC(=O)Cn1c(CCNC(=O)C2CCCCC2)nc2ccccc21. The summed E-state index contributed by atoms with van der Waals surface area (Å²) >= 11 is 0. The number of nitrogens with zero attached hydrogens (tertiary/aromatic N) is 2. The number of benzene rings is 1. The van der Waals surface area contributed by atoms with Crippen LogP contribution in [0, 0.1) is 5.92 Å². The maximum Gasteiger partial charge on any atom is 0.240 e. The second-order valence-corrected chi connectivity index (χ2v) is 7.86. The molecule has 0 spiro atoms. The normalized spacial score (nSPS) is 16.1. The Bertz CT molecular complexity index is 808. The van der Waals surface area contributed by atoms with Crippen LogP contribution in [0.1, 0.15) is 58.2 Å². The highest BCUT2D eigenvalue weighted by molar-refractivity contribution is 5.81. The molecular weight excluding hydrogens is 352 g/mol. The van der Waals surface area contributed by atoms with Crippen LogP contribution in [0.4, 0.5) is 0 Å². The van der Waals surface area contributed by atoms with E-state index >= 15 is 0 Å². The average Bonchev–Trinajstić information content (AvgIpc) is 3.05. The zero-order valence-electron chi connectivity index (χ0n) is 17.0. The molecule has 0 bridgehead atoms. The van der Waals surface area contributed by atoms with Crippen molar-refractivity contribution >= 4 is 22.8 Å². The van der Waals surface area contributed by atoms with Crippen LogP contribution in [-0.4, -0.2) is 34.0 Å². The monoisotopic (exact) mass is 384 g/mol. The van der Waals surface area contributed by atoms with E-state index in [1.807, 2.05) is 35.8 Å². The second kappa shape index (κ2) is 9.71. The minimum atomic E-state index is -0.00926. The average molecular weight is 385 g/mol. The summed E-state index contributed by atoms with van der Waals surface area (Å²) in [7, 11) is 0. The van der Waals surface area contributed by atoms with Crippen molar-refractivity contribution in [3.05, 3.63) is 30.1 Å². The van der Waals surface area contributed by atoms with Crippen molar-refractivity contribution in [2.45, 2.75) is 71.4 Å². The first-order valence-electron chi connectivity index (χ1n) is 10.6. The molecule has 1 atom stereocenters. The van der Waals surface area contributed by atoms with Gasteiger partial charge < -0.3 is 15.2 Å². The number of imidazole rings is 1. The van der Waals surface area contributed by atoms with Crippen molar-refractivity contribution in [3.63, 3.8) is 0 Å². The molecular formula is C22H32N4O2. The molecule has 1 fully saturated rings. The Kier molecular flexibility index (Phi) is 7.06. The lowest BCUT2D eigenvalue weighted by Crippen LogP contribution is -2.35. The van der Waals surface area contributed by atoms with Crippen molar-refractivity contribution in [1.82, 2.24) is 20.2 Å². The largest absolute Gasteiger partial charge is 0.355 e. The van der Waals surface area contributed by atoms with Gasteiger partial charge in [-0.3, -0.25) is 9.59 Å². The van der Waals surface area contributed by atoms with E-state index in [1.54, 1.807) is 0 Å². The summed E-state index contributed by atoms with van der Waals surface area (Å²) in [5.41, 5.74) is 1.84. The summed E-state index contributed by atoms with van der Waals surface area (Å²) in [5.74, 6) is 1.15. The standard InChI is InChI=1S/C22H32N4O2/c1-3-16(2)24-21(27)15-26-19-12-8-7-11-18(19)25-20(26)13-14-23-22(28)17-9-5-4-6-10-17/h7-8,11-12,16-17H,3-6,9-10,13-15H2,1-2H3,(H,23,28)(H,24,27). The van der Waals surface area contributed by atoms with Gasteiger partial charge in [-0.15, -0.1) is 0 Å². The Morgan fingerprint density at radius 2 is 1.96 bits per heavy atom. The fourth-order valence-electron chi connectivity index (χ4n) is 3.87. The number of hydrogen-bond donors (Lipinski definition) is 2. The minimum Gasteiger partial charge on any atom is -0.355 e. The molecule has 0 radical (unpaired) electrons. The molecule has 2 N–H and O–H groups in total. The molecule has 1 saturated carbocycles. The molecule has 28 heavy (non-hydrogen) atoms. The molecule has 2 amide bonds. The van der Waals surface area contributed by atoms with Crippen LogP contribution in [0.3, 0.4) is 0 Å². The highest BCUT2D eigenvalue weighted by Crippen LogP contribution is 2.23. The number of carbonyl (C=O) groups is 2. The molecule has 6 nitrogen and oxygen atoms in total. The quantitative estimate of drug-likeness (QED) is 0.734. The van der Waals surface area contributed by atoms with Crippen molar-refractivity contribution in [1.29, 1.82) is 0 Å². The Labute approximate surface area is 167 Å². The second-order valence-electron chi connectivity index (χ2n) is 7.86. The van der Waals surface area contributed by atoms with Crippen LogP contribution < -0.4 is 10.6 Å². The Morgan fingerprint density at radius 3 is 2.71 bits per heavy atom. The Balaban J connectivity index is 1.66. The lowest BCUT2D eigenvalue weighted by atomic mass is 9.89. The van der Waals surface area contributed by atoms with Crippen molar-refractivity contribution in [2.24, 2.45) is 5.92 Å². The molecule has 1 heterocycles. The predicted octanol–water partition coefficient (Wildman–Crippen LogP) is 3.19. The molecule has 1 aromatic carbocycles. The third kappa shape index (κ3) is 5.12. The van der Waals surface area contributed by atoms with Gasteiger partial charge in [0.15, 0.2) is 0 Å². The molecule has 1 unspecified atom stereocenters. The minimum absolute atomic E-state index is 0.00926. The van der Waals surface area contributed by atoms with Crippen LogP contribution in [0.2, 0.25) is 0 Å². The van der Waals surface area contributed by atoms with E-state index < -0.39 is 0 Å². The van der Waals surface area contributed by atoms with Crippen molar-refractivity contribution in [2.75, 3.05) is 6.54 Å². The first-order valence-corrected chi connectivity index (χ1v) is 10.6. The fourth-order valence-corrected chi connectivity index (χ4v) is 3.87. The molecule has 1 aliphatic rings. The summed E-state index contributed by atoms with van der Waals surface area (Å²) in [6.45, 7) is 4.85. The van der Waals surface area contributed by atoms with E-state index in [0.717, 1.165) is 49.0 Å². The molecule has 6 heteroatoms. The first-order chi connectivity index (χ1) is 13.6. The van der Waals surface area contributed by atoms with Gasteiger partial charge in [0.1, 0.15) is 12.4 Å². The topological polar surface area (TPSA) is 76.0 Å². The molecule has 2 aromatic rings. The molecule has 152 valence electrons. The number of aromatic nitrogens is 2. The lowest BCUT2D eigenvalue weighted by Gasteiger charge is -2.20. The van der Waals surface area contributed by atoms with Gasteiger partial charge in [-0.05, 0) is 38.3 Å². The summed E-state index contributed by atoms with van der Waals surface area (Å²) in [4.78, 5) is 29.5. The molecule has 1 aliphatic carbocycles. The van der Waals surface area contributed by atoms with Crippen molar-refractivity contribution < 1.29 is 9.59 Å². The number of rotatable bonds is 8. The van der Waals surface area contributed by atoms with E-state index in [1.165, 1.54) is 6.42 Å². The number of para-hydroxylation sites is 2. The van der Waals surface area contributed by atoms with Crippen LogP contribution in [0.5, 0.6) is 0 Å². The molecule has 0 saturated heterocycles. The van der Waals surface area contributed by atoms with Crippen molar-refractivity contribution in [3.8, 4) is 0 Å². The van der Waals surface area contributed by atoms with Gasteiger partial charge in [-0.2, -0.15) is 0 Å². The Morgan fingerprint density at radius 1 is 1.21 bits per heavy atom. The van der Waals surface area contributed by atoms with Gasteiger partial charge in [-0.25, -0.2) is 4.98 Å². The maximum absolute atomic E-state index is 12.4. The van der Waals surface area contributed by atoms with Crippen LogP contribution in [0.15, 0.2) is 24.3 Å². The third-order valence-corrected chi connectivity index (χ3v) is 5.68. The van der Waals surface area contributed by atoms with Gasteiger partial charge in [0.25, 0.3) is 0 Å². The predicted molar refractivity (Wildman–Crippen MR) is 111 cm³/mol. The smallest absolute Gasteiger partial charge is 0.240 e. The van der Waals surface area contributed by atoms with E-state index in [-0.39, 0.29) is 30.3 Å². The Hall–Kier alpha value is -2.37. The van der Waals surface area contributed by atoms with Crippen LogP contribution in [-0.2, 0) is 22.6 Å². The maximum atomic E-state index is 12.4. The van der Waals surface area contributed by atoms with Gasteiger partial charge in [0.05, 0.1) is 11.0 Å². The number of hydrogen-bond acceptors (Lipinski definition) is 3. The van der Waals surface area contributed by atoms with Crippen LogP contribution >= 0.6 is 0 Å². The summed E-state index contributed by atoms with van der Waals surface area (Å²) < 4.78 is 1.97. The number of fused-ring (bicyclic) bond motifs is 1. The zero-order chi connectivity index (χ0) is 19.9. The first kappa shape index (κ1) is 20.4. The lowest BCUT2D eigenvalue weighted by molar-refractivity contribution is -0.126. The molecule has 1 aromatic heterocycles. The number of nitrogens with one attached hydrogen (secondary N) is 2. The number of carbonyl (C=O) groups excluding carboxylic acids is 2.